The lowest BCUT2D eigenvalue weighted by atomic mass is 10.0. The van der Waals surface area contributed by atoms with Crippen molar-refractivity contribution in [2.45, 2.75) is 457 Å². The molecular formula is C93H170NO8P. The van der Waals surface area contributed by atoms with Crippen LogP contribution in [0.1, 0.15) is 450 Å². The van der Waals surface area contributed by atoms with Crippen LogP contribution in [0.25, 0.3) is 0 Å². The molecule has 2 atom stereocenters. The van der Waals surface area contributed by atoms with E-state index in [1.807, 2.05) is 0 Å². The van der Waals surface area contributed by atoms with Gasteiger partial charge in [0.15, 0.2) is 6.10 Å². The maximum Gasteiger partial charge on any atom is 0.472 e. The number of ether oxygens (including phenoxy) is 2. The summed E-state index contributed by atoms with van der Waals surface area (Å²) in [5.41, 5.74) is 5.43. The molecule has 0 heterocycles. The molecule has 0 aliphatic rings. The van der Waals surface area contributed by atoms with E-state index < -0.39 is 26.5 Å². The van der Waals surface area contributed by atoms with Gasteiger partial charge < -0.3 is 20.1 Å². The summed E-state index contributed by atoms with van der Waals surface area (Å²) in [6, 6.07) is 0. The summed E-state index contributed by atoms with van der Waals surface area (Å²) in [7, 11) is -4.40. The highest BCUT2D eigenvalue weighted by molar-refractivity contribution is 7.47. The second-order valence-electron chi connectivity index (χ2n) is 30.1. The molecular weight excluding hydrogens is 1290 g/mol. The Morgan fingerprint density at radius 3 is 0.796 bits per heavy atom. The molecule has 3 N–H and O–H groups in total. The monoisotopic (exact) mass is 1460 g/mol. The van der Waals surface area contributed by atoms with Gasteiger partial charge in [-0.3, -0.25) is 18.6 Å². The summed E-state index contributed by atoms with van der Waals surface area (Å²) in [4.78, 5) is 35.5. The lowest BCUT2D eigenvalue weighted by Gasteiger charge is -2.19. The van der Waals surface area contributed by atoms with Crippen LogP contribution in [0.3, 0.4) is 0 Å². The smallest absolute Gasteiger partial charge is 0.462 e. The zero-order chi connectivity index (χ0) is 74.3. The van der Waals surface area contributed by atoms with Gasteiger partial charge in [0, 0.05) is 19.4 Å². The van der Waals surface area contributed by atoms with Crippen LogP contribution in [-0.2, 0) is 32.7 Å². The molecule has 2 unspecified atom stereocenters. The predicted octanol–water partition coefficient (Wildman–Crippen LogP) is 30.5. The molecule has 0 aliphatic carbocycles. The van der Waals surface area contributed by atoms with E-state index >= 15 is 0 Å². The number of allylic oxidation sites excluding steroid dienone is 16. The zero-order valence-corrected chi connectivity index (χ0v) is 69.0. The Balaban J connectivity index is 3.72. The first-order valence-corrected chi connectivity index (χ1v) is 46.2. The molecule has 0 fully saturated rings. The van der Waals surface area contributed by atoms with Gasteiger partial charge >= 0.3 is 19.8 Å². The number of phosphoric acid groups is 1. The lowest BCUT2D eigenvalue weighted by Crippen LogP contribution is -2.29. The SMILES string of the molecule is CC/C=C\C/C=C\C/C=C\C/C=C\C/C=C\C/C=C\CCCCCCCCCCCCCCCCCCCCCCCCC(=O)OC(COC(=O)CCCCCCCCCCCCCCCCCCCCCCCCCCCCCCC/C=C\C/C=C\CCCCCCC)COP(=O)(O)OCCN. The third kappa shape index (κ3) is 87.7. The summed E-state index contributed by atoms with van der Waals surface area (Å²) < 4.78 is 33.4. The van der Waals surface area contributed by atoms with Crippen molar-refractivity contribution < 1.29 is 37.6 Å². The molecule has 0 rings (SSSR count). The standard InChI is InChI=1S/C93H170NO8P/c1-3-5-7-9-11-13-15-17-19-21-23-25-27-29-31-33-35-37-39-41-43-45-47-49-51-53-55-57-59-61-63-65-67-69-71-73-75-77-79-81-83-85-92(95)99-89-91(90-101-103(97,98)100-88-87-94)102-93(96)86-84-82-80-78-76-74-72-70-68-66-64-62-60-58-56-54-52-50-48-46-44-42-40-38-36-34-32-30-28-26-24-22-20-18-16-14-12-10-8-6-4-2/h6,8,12,14-15,17-18,20-21,23-24,26,30,32,36,38,91H,3-5,7,9-11,13,16,19,22,25,27-29,31,33-35,37,39-90,94H2,1-2H3,(H,97,98)/b8-6-,14-12-,17-15-,20-18-,23-21-,26-24-,32-30-,38-36-. The molecule has 0 spiro atoms. The van der Waals surface area contributed by atoms with Crippen LogP contribution < -0.4 is 5.73 Å². The van der Waals surface area contributed by atoms with Gasteiger partial charge in [0.1, 0.15) is 6.61 Å². The van der Waals surface area contributed by atoms with Gasteiger partial charge in [0.2, 0.25) is 0 Å². The molecule has 9 nitrogen and oxygen atoms in total. The predicted molar refractivity (Wildman–Crippen MR) is 450 cm³/mol. The fraction of sp³-hybridized carbons (Fsp3) is 0.806. The van der Waals surface area contributed by atoms with E-state index in [9.17, 15) is 19.0 Å². The Morgan fingerprint density at radius 2 is 0.534 bits per heavy atom. The first kappa shape index (κ1) is 99.9. The van der Waals surface area contributed by atoms with E-state index in [2.05, 4.69) is 111 Å². The minimum Gasteiger partial charge on any atom is -0.462 e. The third-order valence-corrected chi connectivity index (χ3v) is 20.9. The minimum atomic E-state index is -4.40. The molecule has 600 valence electrons. The van der Waals surface area contributed by atoms with Crippen LogP contribution in [0, 0.1) is 0 Å². The number of rotatable bonds is 85. The number of nitrogens with two attached hydrogens (primary N) is 1. The Labute approximate surface area is 639 Å². The zero-order valence-electron chi connectivity index (χ0n) is 68.1. The third-order valence-electron chi connectivity index (χ3n) is 20.0. The van der Waals surface area contributed by atoms with Crippen molar-refractivity contribution in [1.82, 2.24) is 0 Å². The molecule has 0 aliphatic heterocycles. The van der Waals surface area contributed by atoms with Crippen molar-refractivity contribution in [2.24, 2.45) is 5.73 Å². The van der Waals surface area contributed by atoms with Crippen LogP contribution in [0.2, 0.25) is 0 Å². The average Bonchev–Trinajstić information content (AvgIpc) is 0.970. The van der Waals surface area contributed by atoms with Crippen molar-refractivity contribution in [3.63, 3.8) is 0 Å². The number of hydrogen-bond acceptors (Lipinski definition) is 8. The highest BCUT2D eigenvalue weighted by atomic mass is 31.2. The molecule has 0 aromatic heterocycles. The van der Waals surface area contributed by atoms with Gasteiger partial charge in [-0.15, -0.1) is 0 Å². The molecule has 0 radical (unpaired) electrons. The van der Waals surface area contributed by atoms with E-state index in [1.165, 1.54) is 340 Å². The normalized spacial score (nSPS) is 13.2. The Kier molecular flexibility index (Phi) is 85.2. The summed E-state index contributed by atoms with van der Waals surface area (Å²) in [6.45, 7) is 3.69. The van der Waals surface area contributed by atoms with Crippen LogP contribution in [0.4, 0.5) is 0 Å². The quantitative estimate of drug-likeness (QED) is 0.0264. The molecule has 0 aromatic rings. The Bertz CT molecular complexity index is 2020. The largest absolute Gasteiger partial charge is 0.472 e. The Morgan fingerprint density at radius 1 is 0.301 bits per heavy atom. The van der Waals surface area contributed by atoms with E-state index in [4.69, 9.17) is 24.3 Å². The number of carbonyl (C=O) groups excluding carboxylic acids is 2. The second kappa shape index (κ2) is 87.8. The summed E-state index contributed by atoms with van der Waals surface area (Å²) >= 11 is 0. The van der Waals surface area contributed by atoms with E-state index in [-0.39, 0.29) is 38.6 Å². The van der Waals surface area contributed by atoms with Gasteiger partial charge in [0.25, 0.3) is 0 Å². The molecule has 0 aromatic carbocycles. The maximum atomic E-state index is 12.8. The maximum absolute atomic E-state index is 12.8. The van der Waals surface area contributed by atoms with Crippen molar-refractivity contribution >= 4 is 19.8 Å². The highest BCUT2D eigenvalue weighted by Crippen LogP contribution is 2.43. The topological polar surface area (TPSA) is 134 Å². The molecule has 0 saturated heterocycles. The van der Waals surface area contributed by atoms with Gasteiger partial charge in [-0.05, 0) is 96.3 Å². The van der Waals surface area contributed by atoms with Crippen LogP contribution in [0.15, 0.2) is 97.2 Å². The number of esters is 2. The van der Waals surface area contributed by atoms with Crippen molar-refractivity contribution in [3.8, 4) is 0 Å². The number of hydrogen-bond donors (Lipinski definition) is 2. The number of phosphoric ester groups is 1. The number of unbranched alkanes of at least 4 members (excludes halogenated alkanes) is 56. The van der Waals surface area contributed by atoms with Crippen molar-refractivity contribution in [3.05, 3.63) is 97.2 Å². The van der Waals surface area contributed by atoms with Crippen LogP contribution in [-0.4, -0.2) is 49.3 Å². The van der Waals surface area contributed by atoms with Crippen LogP contribution >= 0.6 is 7.82 Å². The minimum absolute atomic E-state index is 0.0545. The summed E-state index contributed by atoms with van der Waals surface area (Å²) in [5, 5.41) is 0. The van der Waals surface area contributed by atoms with Gasteiger partial charge in [-0.25, -0.2) is 4.57 Å². The van der Waals surface area contributed by atoms with E-state index in [0.717, 1.165) is 77.0 Å². The molecule has 0 saturated carbocycles. The molecule has 0 amide bonds. The highest BCUT2D eigenvalue weighted by Gasteiger charge is 2.26. The lowest BCUT2D eigenvalue weighted by molar-refractivity contribution is -0.161. The fourth-order valence-corrected chi connectivity index (χ4v) is 14.2. The van der Waals surface area contributed by atoms with E-state index in [0.29, 0.717) is 6.42 Å². The molecule has 103 heavy (non-hydrogen) atoms. The summed E-state index contributed by atoms with van der Waals surface area (Å²) in [6.07, 6.45) is 122. The van der Waals surface area contributed by atoms with Crippen molar-refractivity contribution in [1.29, 1.82) is 0 Å². The number of carbonyl (C=O) groups is 2. The fourth-order valence-electron chi connectivity index (χ4n) is 13.4. The van der Waals surface area contributed by atoms with E-state index in [1.54, 1.807) is 0 Å². The average molecular weight is 1460 g/mol. The van der Waals surface area contributed by atoms with Gasteiger partial charge in [-0.1, -0.05) is 439 Å². The van der Waals surface area contributed by atoms with Crippen molar-refractivity contribution in [2.75, 3.05) is 26.4 Å². The van der Waals surface area contributed by atoms with Crippen LogP contribution in [0.5, 0.6) is 0 Å². The van der Waals surface area contributed by atoms with Gasteiger partial charge in [0.05, 0.1) is 13.2 Å². The first-order valence-electron chi connectivity index (χ1n) is 44.7. The summed E-state index contributed by atoms with van der Waals surface area (Å²) in [5.74, 6) is -0.803. The first-order chi connectivity index (χ1) is 50.8. The molecule has 0 bridgehead atoms. The van der Waals surface area contributed by atoms with Gasteiger partial charge in [-0.2, -0.15) is 0 Å². The second-order valence-corrected chi connectivity index (χ2v) is 31.5. The molecule has 10 heteroatoms. The Hall–Kier alpha value is -3.07.